The van der Waals surface area contributed by atoms with Crippen LogP contribution in [0, 0.1) is 6.92 Å². The molecule has 0 amide bonds. The lowest BCUT2D eigenvalue weighted by Crippen LogP contribution is -2.44. The van der Waals surface area contributed by atoms with Gasteiger partial charge in [-0.05, 0) is 19.8 Å². The van der Waals surface area contributed by atoms with Gasteiger partial charge >= 0.3 is 0 Å². The average molecular weight is 633 g/mol. The lowest BCUT2D eigenvalue weighted by Gasteiger charge is -2.28. The van der Waals surface area contributed by atoms with Gasteiger partial charge in [-0.3, -0.25) is 0 Å². The average Bonchev–Trinajstić information content (AvgIpc) is 3.66. The van der Waals surface area contributed by atoms with E-state index in [4.69, 9.17) is 21.4 Å². The molecule has 1 aromatic carbocycles. The van der Waals surface area contributed by atoms with E-state index in [1.54, 1.807) is 22.7 Å². The molecule has 2 saturated heterocycles. The minimum Gasteiger partial charge on any atom is -0.368 e. The quantitative estimate of drug-likeness (QED) is 0.192. The van der Waals surface area contributed by atoms with Crippen LogP contribution < -0.4 is 31.9 Å². The number of nitrogens with zero attached hydrogens (tertiary/aromatic N) is 8. The number of aromatic nitrogens is 6. The van der Waals surface area contributed by atoms with Gasteiger partial charge in [-0.2, -0.15) is 9.97 Å². The van der Waals surface area contributed by atoms with Crippen molar-refractivity contribution in [3.63, 3.8) is 0 Å². The second-order valence-electron chi connectivity index (χ2n) is 11.0. The summed E-state index contributed by atoms with van der Waals surface area (Å²) in [7, 11) is 0. The van der Waals surface area contributed by atoms with Crippen LogP contribution in [-0.4, -0.2) is 82.3 Å². The first kappa shape index (κ1) is 30.3. The molecule has 2 aliphatic rings. The zero-order valence-electron chi connectivity index (χ0n) is 25.3. The Hall–Kier alpha value is -3.72. The van der Waals surface area contributed by atoms with Crippen molar-refractivity contribution in [3.05, 3.63) is 34.8 Å². The SMILES string of the molecule is CCCCCc1nc2c(N3CCNCC3)nc(N)nc2s1.Cc1ccc(-c2nc3c(N4CCNCC4)nc(N)nc3s2)cc1. The van der Waals surface area contributed by atoms with Crippen molar-refractivity contribution in [2.45, 2.75) is 39.5 Å². The Morgan fingerprint density at radius 3 is 1.82 bits per heavy atom. The highest BCUT2D eigenvalue weighted by Crippen LogP contribution is 2.34. The maximum absolute atomic E-state index is 5.91. The number of nitrogens with two attached hydrogens (primary N) is 2. The van der Waals surface area contributed by atoms with Crippen LogP contribution in [0.4, 0.5) is 23.5 Å². The molecule has 0 atom stereocenters. The number of nitrogen functional groups attached to an aromatic ring is 2. The van der Waals surface area contributed by atoms with E-state index >= 15 is 0 Å². The summed E-state index contributed by atoms with van der Waals surface area (Å²) in [6.07, 6.45) is 4.68. The Labute approximate surface area is 265 Å². The number of hydrogen-bond acceptors (Lipinski definition) is 14. The van der Waals surface area contributed by atoms with E-state index in [0.717, 1.165) is 107 Å². The van der Waals surface area contributed by atoms with Gasteiger partial charge in [0.1, 0.15) is 16.0 Å². The van der Waals surface area contributed by atoms with Gasteiger partial charge in [0.15, 0.2) is 21.3 Å². The second-order valence-corrected chi connectivity index (χ2v) is 13.1. The summed E-state index contributed by atoms with van der Waals surface area (Å²) in [4.78, 5) is 33.5. The van der Waals surface area contributed by atoms with Crippen LogP contribution in [0.5, 0.6) is 0 Å². The summed E-state index contributed by atoms with van der Waals surface area (Å²) in [5, 5.41) is 8.80. The van der Waals surface area contributed by atoms with Crippen molar-refractivity contribution in [2.24, 2.45) is 0 Å². The predicted octanol–water partition coefficient (Wildman–Crippen LogP) is 3.86. The fourth-order valence-electron chi connectivity index (χ4n) is 5.34. The van der Waals surface area contributed by atoms with Crippen LogP contribution in [0.15, 0.2) is 24.3 Å². The van der Waals surface area contributed by atoms with E-state index < -0.39 is 0 Å². The zero-order chi connectivity index (χ0) is 30.5. The smallest absolute Gasteiger partial charge is 0.223 e. The van der Waals surface area contributed by atoms with E-state index in [1.165, 1.54) is 24.8 Å². The normalized spacial score (nSPS) is 15.5. The fraction of sp³-hybridized carbons (Fsp3) is 0.467. The number of anilines is 4. The van der Waals surface area contributed by atoms with E-state index in [9.17, 15) is 0 Å². The molecule has 0 unspecified atom stereocenters. The number of rotatable bonds is 7. The lowest BCUT2D eigenvalue weighted by atomic mass is 10.2. The van der Waals surface area contributed by atoms with Gasteiger partial charge < -0.3 is 31.9 Å². The first-order valence-corrected chi connectivity index (χ1v) is 17.0. The Morgan fingerprint density at radius 1 is 0.705 bits per heavy atom. The largest absolute Gasteiger partial charge is 0.368 e. The Kier molecular flexibility index (Phi) is 9.60. The molecule has 6 N–H and O–H groups in total. The van der Waals surface area contributed by atoms with Crippen molar-refractivity contribution in [2.75, 3.05) is 73.6 Å². The molecule has 0 saturated carbocycles. The third-order valence-electron chi connectivity index (χ3n) is 7.69. The highest BCUT2D eigenvalue weighted by molar-refractivity contribution is 7.21. The number of hydrogen-bond donors (Lipinski definition) is 4. The maximum atomic E-state index is 5.91. The standard InChI is InChI=1S/C16H18N6S.C14H22N6S/c1-10-2-4-11(5-3-10)14-19-12-13(22-8-6-18-7-9-22)20-16(17)21-15(12)23-14;1-2-3-4-5-10-17-11-12(20-8-6-16-7-9-20)18-14(15)19-13(11)21-10/h2-5,18H,6-9H2,1H3,(H2,17,20,21);16H,2-9H2,1H3,(H2,15,18,19). The van der Waals surface area contributed by atoms with E-state index in [1.807, 2.05) is 0 Å². The van der Waals surface area contributed by atoms with Gasteiger partial charge in [-0.15, -0.1) is 0 Å². The molecule has 0 spiro atoms. The summed E-state index contributed by atoms with van der Waals surface area (Å²) in [5.41, 5.74) is 15.9. The summed E-state index contributed by atoms with van der Waals surface area (Å²) in [5.74, 6) is 2.41. The number of piperazine rings is 2. The summed E-state index contributed by atoms with van der Waals surface area (Å²) in [6.45, 7) is 11.8. The highest BCUT2D eigenvalue weighted by Gasteiger charge is 2.21. The topological polar surface area (TPSA) is 160 Å². The molecular formula is C30H40N12S2. The Bertz CT molecular complexity index is 1690. The summed E-state index contributed by atoms with van der Waals surface area (Å²) in [6, 6.07) is 8.37. The number of fused-ring (bicyclic) bond motifs is 2. The lowest BCUT2D eigenvalue weighted by molar-refractivity contribution is 0.586. The van der Waals surface area contributed by atoms with E-state index in [0.29, 0.717) is 11.9 Å². The van der Waals surface area contributed by atoms with Crippen molar-refractivity contribution < 1.29 is 0 Å². The minimum absolute atomic E-state index is 0.310. The van der Waals surface area contributed by atoms with Gasteiger partial charge in [0.05, 0.1) is 5.01 Å². The number of unbranched alkanes of at least 4 members (excludes halogenated alkanes) is 2. The summed E-state index contributed by atoms with van der Waals surface area (Å²) < 4.78 is 0. The fourth-order valence-corrected chi connectivity index (χ4v) is 7.26. The van der Waals surface area contributed by atoms with Crippen molar-refractivity contribution in [3.8, 4) is 10.6 Å². The number of thiazole rings is 2. The molecule has 7 rings (SSSR count). The summed E-state index contributed by atoms with van der Waals surface area (Å²) >= 11 is 3.22. The van der Waals surface area contributed by atoms with Crippen LogP contribution in [-0.2, 0) is 6.42 Å². The molecule has 0 aliphatic carbocycles. The molecule has 232 valence electrons. The number of benzene rings is 1. The molecule has 14 heteroatoms. The van der Waals surface area contributed by atoms with Crippen molar-refractivity contribution in [1.82, 2.24) is 40.5 Å². The van der Waals surface area contributed by atoms with Crippen LogP contribution in [0.1, 0.15) is 36.8 Å². The molecule has 0 bridgehead atoms. The molecule has 2 fully saturated rings. The van der Waals surface area contributed by atoms with Crippen LogP contribution in [0.25, 0.3) is 31.3 Å². The van der Waals surface area contributed by atoms with E-state index in [2.05, 4.69) is 78.5 Å². The molecule has 6 heterocycles. The molecule has 2 aliphatic heterocycles. The van der Waals surface area contributed by atoms with Gasteiger partial charge in [-0.25, -0.2) is 19.9 Å². The van der Waals surface area contributed by atoms with Gasteiger partial charge in [0, 0.05) is 57.9 Å². The zero-order valence-corrected chi connectivity index (χ0v) is 27.0. The van der Waals surface area contributed by atoms with Crippen molar-refractivity contribution in [1.29, 1.82) is 0 Å². The monoisotopic (exact) mass is 632 g/mol. The third-order valence-corrected chi connectivity index (χ3v) is 9.69. The molecular weight excluding hydrogens is 593 g/mol. The minimum atomic E-state index is 0.310. The van der Waals surface area contributed by atoms with Crippen LogP contribution in [0.3, 0.4) is 0 Å². The van der Waals surface area contributed by atoms with Gasteiger partial charge in [0.25, 0.3) is 0 Å². The molecule has 44 heavy (non-hydrogen) atoms. The Balaban J connectivity index is 0.000000157. The first-order valence-electron chi connectivity index (χ1n) is 15.3. The van der Waals surface area contributed by atoms with Crippen LogP contribution in [0.2, 0.25) is 0 Å². The van der Waals surface area contributed by atoms with Gasteiger partial charge in [-0.1, -0.05) is 72.3 Å². The third kappa shape index (κ3) is 6.98. The maximum Gasteiger partial charge on any atom is 0.223 e. The molecule has 4 aromatic heterocycles. The first-order chi connectivity index (χ1) is 21.5. The molecule has 0 radical (unpaired) electrons. The Morgan fingerprint density at radius 2 is 1.25 bits per heavy atom. The second kappa shape index (κ2) is 13.9. The number of nitrogens with one attached hydrogen (secondary N) is 2. The highest BCUT2D eigenvalue weighted by atomic mass is 32.1. The van der Waals surface area contributed by atoms with Crippen LogP contribution >= 0.6 is 22.7 Å². The predicted molar refractivity (Wildman–Crippen MR) is 183 cm³/mol. The molecule has 12 nitrogen and oxygen atoms in total. The van der Waals surface area contributed by atoms with Crippen molar-refractivity contribution >= 4 is 66.9 Å². The van der Waals surface area contributed by atoms with E-state index in [-0.39, 0.29) is 0 Å². The number of aryl methyl sites for hydroxylation is 2. The molecule has 5 aromatic rings. The van der Waals surface area contributed by atoms with Gasteiger partial charge in [0.2, 0.25) is 11.9 Å².